The van der Waals surface area contributed by atoms with E-state index in [2.05, 4.69) is 5.32 Å². The molecule has 0 aliphatic heterocycles. The van der Waals surface area contributed by atoms with E-state index in [4.69, 9.17) is 5.73 Å². The third-order valence-electron chi connectivity index (χ3n) is 4.83. The van der Waals surface area contributed by atoms with Crippen LogP contribution in [0.4, 0.5) is 23.2 Å². The summed E-state index contributed by atoms with van der Waals surface area (Å²) in [6.07, 6.45) is -2.98. The van der Waals surface area contributed by atoms with Crippen LogP contribution in [0.1, 0.15) is 34.3 Å². The number of benzene rings is 2. The molecule has 3 amide bonds. The molecule has 31 heavy (non-hydrogen) atoms. The Kier molecular flexibility index (Phi) is 6.28. The second-order valence-corrected chi connectivity index (χ2v) is 7.30. The first kappa shape index (κ1) is 22.3. The van der Waals surface area contributed by atoms with Crippen LogP contribution in [0.15, 0.2) is 42.5 Å². The molecule has 2 aromatic carbocycles. The van der Waals surface area contributed by atoms with Crippen LogP contribution in [-0.4, -0.2) is 29.2 Å². The van der Waals surface area contributed by atoms with Crippen molar-refractivity contribution in [3.63, 3.8) is 0 Å². The van der Waals surface area contributed by atoms with Crippen LogP contribution in [0.5, 0.6) is 0 Å². The number of rotatable bonds is 6. The molecule has 6 nitrogen and oxygen atoms in total. The molecule has 0 saturated heterocycles. The zero-order chi connectivity index (χ0) is 22.8. The molecular weight excluding hydrogens is 418 g/mol. The number of nitrogens with two attached hydrogens (primary N) is 1. The smallest absolute Gasteiger partial charge is 0.366 e. The molecule has 164 valence electrons. The molecule has 1 aliphatic rings. The highest BCUT2D eigenvalue weighted by Crippen LogP contribution is 2.34. The number of halogens is 4. The number of nitrogens with zero attached hydrogens (tertiary/aromatic N) is 1. The minimum atomic E-state index is -4.60. The molecule has 0 atom stereocenters. The summed E-state index contributed by atoms with van der Waals surface area (Å²) in [6.45, 7) is -0.261. The van der Waals surface area contributed by atoms with E-state index in [-0.39, 0.29) is 23.7 Å². The van der Waals surface area contributed by atoms with Gasteiger partial charge in [0.25, 0.3) is 5.91 Å². The molecule has 10 heteroatoms. The minimum absolute atomic E-state index is 0.0457. The molecule has 3 N–H and O–H groups in total. The van der Waals surface area contributed by atoms with Crippen LogP contribution in [0.25, 0.3) is 0 Å². The third kappa shape index (κ3) is 5.59. The predicted molar refractivity (Wildman–Crippen MR) is 103 cm³/mol. The molecule has 0 aromatic heterocycles. The Morgan fingerprint density at radius 1 is 1.10 bits per heavy atom. The van der Waals surface area contributed by atoms with E-state index < -0.39 is 47.4 Å². The SMILES string of the molecule is NC(=O)c1cc(NC(=O)C(=O)N(Cc2ccccc2C(F)(F)F)CC2CC2)ccc1F. The number of amides is 3. The van der Waals surface area contributed by atoms with Gasteiger partial charge in [-0.3, -0.25) is 14.4 Å². The molecule has 0 heterocycles. The van der Waals surface area contributed by atoms with Gasteiger partial charge in [-0.25, -0.2) is 4.39 Å². The number of hydrogen-bond donors (Lipinski definition) is 2. The van der Waals surface area contributed by atoms with Gasteiger partial charge in [0.15, 0.2) is 0 Å². The van der Waals surface area contributed by atoms with Gasteiger partial charge in [0.05, 0.1) is 11.1 Å². The van der Waals surface area contributed by atoms with Crippen molar-refractivity contribution in [2.75, 3.05) is 11.9 Å². The molecule has 1 fully saturated rings. The maximum atomic E-state index is 13.6. The minimum Gasteiger partial charge on any atom is -0.366 e. The molecule has 2 aromatic rings. The van der Waals surface area contributed by atoms with Crippen LogP contribution in [0.3, 0.4) is 0 Å². The van der Waals surface area contributed by atoms with Gasteiger partial charge < -0.3 is 16.0 Å². The van der Waals surface area contributed by atoms with Crippen LogP contribution >= 0.6 is 0 Å². The van der Waals surface area contributed by atoms with Gasteiger partial charge in [0.2, 0.25) is 0 Å². The van der Waals surface area contributed by atoms with Crippen LogP contribution < -0.4 is 11.1 Å². The highest BCUT2D eigenvalue weighted by molar-refractivity contribution is 6.39. The van der Waals surface area contributed by atoms with Crippen molar-refractivity contribution in [1.29, 1.82) is 0 Å². The average molecular weight is 437 g/mol. The summed E-state index contributed by atoms with van der Waals surface area (Å²) < 4.78 is 53.5. The number of alkyl halides is 3. The highest BCUT2D eigenvalue weighted by Gasteiger charge is 2.35. The van der Waals surface area contributed by atoms with Crippen LogP contribution in [0.2, 0.25) is 0 Å². The molecule has 0 bridgehead atoms. The van der Waals surface area contributed by atoms with Crippen LogP contribution in [0, 0.1) is 11.7 Å². The number of primary amides is 1. The first-order chi connectivity index (χ1) is 14.6. The molecule has 3 rings (SSSR count). The number of anilines is 1. The summed E-state index contributed by atoms with van der Waals surface area (Å²) in [6, 6.07) is 7.86. The van der Waals surface area contributed by atoms with E-state index >= 15 is 0 Å². The first-order valence-electron chi connectivity index (χ1n) is 9.41. The predicted octanol–water partition coefficient (Wildman–Crippen LogP) is 3.32. The summed E-state index contributed by atoms with van der Waals surface area (Å²) in [7, 11) is 0. The maximum absolute atomic E-state index is 13.6. The molecule has 0 radical (unpaired) electrons. The monoisotopic (exact) mass is 437 g/mol. The summed E-state index contributed by atoms with van der Waals surface area (Å²) in [5, 5.41) is 2.24. The summed E-state index contributed by atoms with van der Waals surface area (Å²) in [5.74, 6) is -3.99. The Hall–Kier alpha value is -3.43. The molecular formula is C21H19F4N3O3. The Morgan fingerprint density at radius 2 is 1.77 bits per heavy atom. The lowest BCUT2D eigenvalue weighted by Crippen LogP contribution is -2.40. The van der Waals surface area contributed by atoms with Crippen molar-refractivity contribution in [2.24, 2.45) is 11.7 Å². The number of carbonyl (C=O) groups is 3. The van der Waals surface area contributed by atoms with Gasteiger partial charge in [-0.15, -0.1) is 0 Å². The van der Waals surface area contributed by atoms with Crippen molar-refractivity contribution in [3.8, 4) is 0 Å². The highest BCUT2D eigenvalue weighted by atomic mass is 19.4. The van der Waals surface area contributed by atoms with E-state index in [1.54, 1.807) is 0 Å². The normalized spacial score (nSPS) is 13.5. The largest absolute Gasteiger partial charge is 0.416 e. The average Bonchev–Trinajstić information content (AvgIpc) is 3.52. The molecule has 0 unspecified atom stereocenters. The zero-order valence-electron chi connectivity index (χ0n) is 16.2. The van der Waals surface area contributed by atoms with E-state index in [9.17, 15) is 31.9 Å². The number of hydrogen-bond acceptors (Lipinski definition) is 3. The Balaban J connectivity index is 1.80. The van der Waals surface area contributed by atoms with E-state index in [1.165, 1.54) is 18.2 Å². The van der Waals surface area contributed by atoms with E-state index in [0.717, 1.165) is 42.0 Å². The molecule has 1 saturated carbocycles. The van der Waals surface area contributed by atoms with Gasteiger partial charge >= 0.3 is 18.0 Å². The first-order valence-corrected chi connectivity index (χ1v) is 9.41. The van der Waals surface area contributed by atoms with Gasteiger partial charge in [-0.2, -0.15) is 13.2 Å². The fourth-order valence-electron chi connectivity index (χ4n) is 3.09. The van der Waals surface area contributed by atoms with Crippen molar-refractivity contribution in [1.82, 2.24) is 4.90 Å². The maximum Gasteiger partial charge on any atom is 0.416 e. The lowest BCUT2D eigenvalue weighted by atomic mass is 10.1. The summed E-state index contributed by atoms with van der Waals surface area (Å²) >= 11 is 0. The molecule has 0 spiro atoms. The fourth-order valence-corrected chi connectivity index (χ4v) is 3.09. The van der Waals surface area contributed by atoms with E-state index in [0.29, 0.717) is 0 Å². The van der Waals surface area contributed by atoms with E-state index in [1.807, 2.05) is 0 Å². The summed E-state index contributed by atoms with van der Waals surface area (Å²) in [4.78, 5) is 37.5. The fraction of sp³-hybridized carbons (Fsp3) is 0.286. The molecule has 1 aliphatic carbocycles. The van der Waals surface area contributed by atoms with Crippen molar-refractivity contribution >= 4 is 23.4 Å². The van der Waals surface area contributed by atoms with Crippen molar-refractivity contribution < 1.29 is 31.9 Å². The third-order valence-corrected chi connectivity index (χ3v) is 4.83. The van der Waals surface area contributed by atoms with Gasteiger partial charge in [-0.1, -0.05) is 18.2 Å². The topological polar surface area (TPSA) is 92.5 Å². The second-order valence-electron chi connectivity index (χ2n) is 7.30. The van der Waals surface area contributed by atoms with Gasteiger partial charge in [0, 0.05) is 18.8 Å². The van der Waals surface area contributed by atoms with Gasteiger partial charge in [0.1, 0.15) is 5.82 Å². The van der Waals surface area contributed by atoms with Crippen molar-refractivity contribution in [2.45, 2.75) is 25.6 Å². The Bertz CT molecular complexity index is 1020. The Labute approximate surface area is 175 Å². The van der Waals surface area contributed by atoms with Crippen LogP contribution in [-0.2, 0) is 22.3 Å². The lowest BCUT2D eigenvalue weighted by molar-refractivity contribution is -0.144. The lowest BCUT2D eigenvalue weighted by Gasteiger charge is -2.24. The second kappa shape index (κ2) is 8.75. The zero-order valence-corrected chi connectivity index (χ0v) is 16.2. The number of carbonyl (C=O) groups excluding carboxylic acids is 3. The van der Waals surface area contributed by atoms with Gasteiger partial charge in [-0.05, 0) is 48.6 Å². The standard InChI is InChI=1S/C21H19F4N3O3/c22-17-8-7-14(9-15(17)18(26)29)27-19(30)20(31)28(10-12-5-6-12)11-13-3-1-2-4-16(13)21(23,24)25/h1-4,7-9,12H,5-6,10-11H2,(H2,26,29)(H,27,30). The summed E-state index contributed by atoms with van der Waals surface area (Å²) in [5.41, 5.74) is 3.53. The quantitative estimate of drug-likeness (QED) is 0.537. The number of nitrogens with one attached hydrogen (secondary N) is 1. The van der Waals surface area contributed by atoms with Crippen molar-refractivity contribution in [3.05, 3.63) is 65.0 Å². The Morgan fingerprint density at radius 3 is 2.39 bits per heavy atom.